The fourth-order valence-electron chi connectivity index (χ4n) is 7.35. The Morgan fingerprint density at radius 2 is 0.844 bits per heavy atom. The molecule has 3 heteroatoms. The van der Waals surface area contributed by atoms with Crippen LogP contribution in [0.2, 0.25) is 0 Å². The zero-order valence-corrected chi connectivity index (χ0v) is 24.3. The second kappa shape index (κ2) is 9.22. The molecule has 7 aromatic carbocycles. The van der Waals surface area contributed by atoms with Gasteiger partial charge in [-0.2, -0.15) is 0 Å². The Morgan fingerprint density at radius 1 is 0.356 bits per heavy atom. The van der Waals surface area contributed by atoms with Gasteiger partial charge in [-0.25, -0.2) is 0 Å². The molecule has 0 unspecified atom stereocenters. The average Bonchev–Trinajstić information content (AvgIpc) is 3.76. The molecule has 10 aromatic rings. The predicted molar refractivity (Wildman–Crippen MR) is 188 cm³/mol. The van der Waals surface area contributed by atoms with E-state index in [9.17, 15) is 0 Å². The minimum atomic E-state index is 0.910. The number of hydrogen-bond acceptors (Lipinski definition) is 1. The lowest BCUT2D eigenvalue weighted by atomic mass is 10.0. The summed E-state index contributed by atoms with van der Waals surface area (Å²) < 4.78 is 11.3. The first kappa shape index (κ1) is 24.4. The van der Waals surface area contributed by atoms with Crippen LogP contribution in [0.1, 0.15) is 0 Å². The van der Waals surface area contributed by atoms with Crippen molar-refractivity contribution in [2.75, 3.05) is 0 Å². The van der Waals surface area contributed by atoms with E-state index in [2.05, 4.69) is 161 Å². The van der Waals surface area contributed by atoms with Gasteiger partial charge in [0.25, 0.3) is 0 Å². The van der Waals surface area contributed by atoms with Crippen molar-refractivity contribution in [2.45, 2.75) is 0 Å². The number of aromatic nitrogens is 2. The smallest absolute Gasteiger partial charge is 0.160 e. The van der Waals surface area contributed by atoms with E-state index in [1.54, 1.807) is 0 Å². The summed E-state index contributed by atoms with van der Waals surface area (Å²) in [6.45, 7) is 0. The minimum absolute atomic E-state index is 0.910. The quantitative estimate of drug-likeness (QED) is 0.206. The number of rotatable bonds is 3. The fraction of sp³-hybridized carbons (Fsp3) is 0. The van der Waals surface area contributed by atoms with Crippen molar-refractivity contribution in [1.82, 2.24) is 9.13 Å². The van der Waals surface area contributed by atoms with Gasteiger partial charge in [0.15, 0.2) is 5.58 Å². The molecule has 0 fully saturated rings. The molecule has 210 valence electrons. The molecule has 0 bridgehead atoms. The molecule has 0 spiro atoms. The van der Waals surface area contributed by atoms with Gasteiger partial charge in [0, 0.05) is 43.7 Å². The molecule has 3 nitrogen and oxygen atoms in total. The topological polar surface area (TPSA) is 23.0 Å². The van der Waals surface area contributed by atoms with Gasteiger partial charge < -0.3 is 13.6 Å². The Labute approximate surface area is 258 Å². The predicted octanol–water partition coefficient (Wildman–Crippen LogP) is 11.4. The third-order valence-electron chi connectivity index (χ3n) is 9.30. The van der Waals surface area contributed by atoms with Gasteiger partial charge >= 0.3 is 0 Å². The summed E-state index contributed by atoms with van der Waals surface area (Å²) in [7, 11) is 0. The van der Waals surface area contributed by atoms with E-state index in [1.807, 2.05) is 6.07 Å². The van der Waals surface area contributed by atoms with E-state index in [4.69, 9.17) is 4.42 Å². The number of fused-ring (bicyclic) bond motifs is 10. The lowest BCUT2D eigenvalue weighted by molar-refractivity contribution is 0.671. The number of nitrogens with zero attached hydrogens (tertiary/aromatic N) is 2. The maximum atomic E-state index is 6.58. The van der Waals surface area contributed by atoms with Gasteiger partial charge in [0.05, 0.1) is 22.1 Å². The molecule has 10 rings (SSSR count). The summed E-state index contributed by atoms with van der Waals surface area (Å²) >= 11 is 0. The third-order valence-corrected chi connectivity index (χ3v) is 9.30. The van der Waals surface area contributed by atoms with E-state index < -0.39 is 0 Å². The summed E-state index contributed by atoms with van der Waals surface area (Å²) in [5.41, 5.74) is 11.1. The summed E-state index contributed by atoms with van der Waals surface area (Å²) in [5.74, 6) is 0. The van der Waals surface area contributed by atoms with Crippen LogP contribution < -0.4 is 0 Å². The van der Waals surface area contributed by atoms with Crippen molar-refractivity contribution in [3.05, 3.63) is 158 Å². The van der Waals surface area contributed by atoms with Gasteiger partial charge in [0.1, 0.15) is 5.58 Å². The van der Waals surface area contributed by atoms with Crippen LogP contribution >= 0.6 is 0 Å². The molecule has 3 aromatic heterocycles. The molecule has 0 aliphatic heterocycles. The average molecular weight is 575 g/mol. The molecule has 0 atom stereocenters. The second-order valence-corrected chi connectivity index (χ2v) is 11.8. The lowest BCUT2D eigenvalue weighted by Gasteiger charge is -2.13. The molecular weight excluding hydrogens is 548 g/mol. The van der Waals surface area contributed by atoms with E-state index in [-0.39, 0.29) is 0 Å². The van der Waals surface area contributed by atoms with Gasteiger partial charge in [-0.1, -0.05) is 103 Å². The van der Waals surface area contributed by atoms with Crippen LogP contribution in [0, 0.1) is 0 Å². The van der Waals surface area contributed by atoms with Crippen LogP contribution in [0.3, 0.4) is 0 Å². The first-order valence-electron chi connectivity index (χ1n) is 15.4. The highest BCUT2D eigenvalue weighted by Gasteiger charge is 2.19. The second-order valence-electron chi connectivity index (χ2n) is 11.8. The molecule has 3 heterocycles. The molecule has 0 N–H and O–H groups in total. The number of benzene rings is 7. The Bertz CT molecular complexity index is 2720. The van der Waals surface area contributed by atoms with E-state index in [1.165, 1.54) is 38.1 Å². The Balaban J connectivity index is 1.20. The minimum Gasteiger partial charge on any atom is -0.454 e. The Morgan fingerprint density at radius 3 is 1.49 bits per heavy atom. The molecule has 0 saturated heterocycles. The lowest BCUT2D eigenvalue weighted by Crippen LogP contribution is -1.96. The molecule has 0 radical (unpaired) electrons. The highest BCUT2D eigenvalue weighted by Crippen LogP contribution is 2.41. The van der Waals surface area contributed by atoms with Crippen molar-refractivity contribution in [3.63, 3.8) is 0 Å². The van der Waals surface area contributed by atoms with Gasteiger partial charge in [0.2, 0.25) is 0 Å². The fourth-order valence-corrected chi connectivity index (χ4v) is 7.35. The SMILES string of the molecule is c1cc(-c2cccc(-n3c4ccccc4c4ccc5c6ccccc6oc5c43)c2)cc(-n2c3ccccc3c3ccccc32)c1. The van der Waals surface area contributed by atoms with E-state index in [0.29, 0.717) is 0 Å². The number of hydrogen-bond donors (Lipinski definition) is 0. The monoisotopic (exact) mass is 574 g/mol. The molecule has 0 aliphatic rings. The maximum absolute atomic E-state index is 6.58. The van der Waals surface area contributed by atoms with Crippen LogP contribution in [0.4, 0.5) is 0 Å². The van der Waals surface area contributed by atoms with Crippen LogP contribution in [-0.2, 0) is 0 Å². The zero-order chi connectivity index (χ0) is 29.5. The van der Waals surface area contributed by atoms with Gasteiger partial charge in [-0.3, -0.25) is 0 Å². The molecule has 0 saturated carbocycles. The molecular formula is C42H26N2O. The van der Waals surface area contributed by atoms with Gasteiger partial charge in [-0.15, -0.1) is 0 Å². The summed E-state index contributed by atoms with van der Waals surface area (Å²) in [6, 6.07) is 56.5. The van der Waals surface area contributed by atoms with Crippen LogP contribution in [0.5, 0.6) is 0 Å². The van der Waals surface area contributed by atoms with Crippen LogP contribution in [0.15, 0.2) is 162 Å². The van der Waals surface area contributed by atoms with Crippen molar-refractivity contribution >= 4 is 65.6 Å². The highest BCUT2D eigenvalue weighted by atomic mass is 16.3. The standard InChI is InChI=1S/C42H26N2O/c1-5-19-37-31(15-1)32-16-2-6-20-38(32)43(37)29-13-9-11-27(25-29)28-12-10-14-30(26-28)44-39-21-7-3-17-33(39)35-23-24-36-34-18-4-8-22-40(34)45-42(36)41(35)44/h1-26H. The van der Waals surface area contributed by atoms with Crippen LogP contribution in [-0.4, -0.2) is 9.13 Å². The normalized spacial score (nSPS) is 12.0. The third kappa shape index (κ3) is 3.46. The summed E-state index contributed by atoms with van der Waals surface area (Å²) in [5, 5.41) is 7.22. The summed E-state index contributed by atoms with van der Waals surface area (Å²) in [6.07, 6.45) is 0. The van der Waals surface area contributed by atoms with Crippen molar-refractivity contribution in [3.8, 4) is 22.5 Å². The first-order chi connectivity index (χ1) is 22.3. The van der Waals surface area contributed by atoms with Gasteiger partial charge in [-0.05, 0) is 65.7 Å². The van der Waals surface area contributed by atoms with E-state index in [0.717, 1.165) is 49.9 Å². The van der Waals surface area contributed by atoms with Crippen LogP contribution in [0.25, 0.3) is 88.1 Å². The number of para-hydroxylation sites is 4. The highest BCUT2D eigenvalue weighted by molar-refractivity contribution is 6.21. The molecule has 0 aliphatic carbocycles. The Hall–Kier alpha value is -6.06. The largest absolute Gasteiger partial charge is 0.454 e. The number of furan rings is 1. The maximum Gasteiger partial charge on any atom is 0.160 e. The zero-order valence-electron chi connectivity index (χ0n) is 24.3. The van der Waals surface area contributed by atoms with Crippen molar-refractivity contribution < 1.29 is 4.42 Å². The van der Waals surface area contributed by atoms with Crippen molar-refractivity contribution in [2.24, 2.45) is 0 Å². The molecule has 0 amide bonds. The van der Waals surface area contributed by atoms with E-state index >= 15 is 0 Å². The Kier molecular flexibility index (Phi) is 5.00. The van der Waals surface area contributed by atoms with Crippen molar-refractivity contribution in [1.29, 1.82) is 0 Å². The first-order valence-corrected chi connectivity index (χ1v) is 15.4. The summed E-state index contributed by atoms with van der Waals surface area (Å²) in [4.78, 5) is 0. The molecule has 45 heavy (non-hydrogen) atoms.